The molecule has 1 aromatic rings. The van der Waals surface area contributed by atoms with Crippen molar-refractivity contribution in [1.29, 1.82) is 0 Å². The number of para-hydroxylation sites is 1. The SMILES string of the molecule is CC(C)CNCc1cccc(Cl)c1OCCCO. The molecule has 4 heteroatoms. The summed E-state index contributed by atoms with van der Waals surface area (Å²) in [5.74, 6) is 1.34. The van der Waals surface area contributed by atoms with Gasteiger partial charge in [0.25, 0.3) is 0 Å². The van der Waals surface area contributed by atoms with Gasteiger partial charge in [-0.2, -0.15) is 0 Å². The fourth-order valence-corrected chi connectivity index (χ4v) is 1.84. The van der Waals surface area contributed by atoms with Crippen molar-refractivity contribution in [3.05, 3.63) is 28.8 Å². The summed E-state index contributed by atoms with van der Waals surface area (Å²) in [7, 11) is 0. The number of aliphatic hydroxyl groups is 1. The van der Waals surface area contributed by atoms with Crippen molar-refractivity contribution in [2.45, 2.75) is 26.8 Å². The quantitative estimate of drug-likeness (QED) is 0.715. The molecule has 3 nitrogen and oxygen atoms in total. The van der Waals surface area contributed by atoms with Gasteiger partial charge in [-0.15, -0.1) is 0 Å². The largest absolute Gasteiger partial charge is 0.492 e. The predicted molar refractivity (Wildman–Crippen MR) is 75.2 cm³/mol. The average molecular weight is 272 g/mol. The number of halogens is 1. The normalized spacial score (nSPS) is 10.9. The summed E-state index contributed by atoms with van der Waals surface area (Å²) < 4.78 is 5.63. The monoisotopic (exact) mass is 271 g/mol. The topological polar surface area (TPSA) is 41.5 Å². The van der Waals surface area contributed by atoms with E-state index in [1.54, 1.807) is 0 Å². The van der Waals surface area contributed by atoms with Crippen molar-refractivity contribution in [3.63, 3.8) is 0 Å². The molecule has 0 heterocycles. The standard InChI is InChI=1S/C14H22ClNO2/c1-11(2)9-16-10-12-5-3-6-13(15)14(12)18-8-4-7-17/h3,5-6,11,16-17H,4,7-10H2,1-2H3. The summed E-state index contributed by atoms with van der Waals surface area (Å²) in [5, 5.41) is 12.8. The van der Waals surface area contributed by atoms with Gasteiger partial charge in [0.05, 0.1) is 11.6 Å². The lowest BCUT2D eigenvalue weighted by Crippen LogP contribution is -2.19. The van der Waals surface area contributed by atoms with Crippen molar-refractivity contribution in [2.75, 3.05) is 19.8 Å². The van der Waals surface area contributed by atoms with E-state index in [1.165, 1.54) is 0 Å². The molecule has 0 aliphatic rings. The van der Waals surface area contributed by atoms with Gasteiger partial charge < -0.3 is 15.2 Å². The average Bonchev–Trinajstić information content (AvgIpc) is 2.32. The van der Waals surface area contributed by atoms with Crippen LogP contribution in [0.15, 0.2) is 18.2 Å². The summed E-state index contributed by atoms with van der Waals surface area (Å²) in [6, 6.07) is 5.75. The summed E-state index contributed by atoms with van der Waals surface area (Å²) in [6.07, 6.45) is 0.615. The van der Waals surface area contributed by atoms with E-state index >= 15 is 0 Å². The number of ether oxygens (including phenoxy) is 1. The molecule has 0 aliphatic heterocycles. The van der Waals surface area contributed by atoms with Crippen LogP contribution in [-0.2, 0) is 6.54 Å². The van der Waals surface area contributed by atoms with E-state index in [1.807, 2.05) is 18.2 Å². The summed E-state index contributed by atoms with van der Waals surface area (Å²) in [4.78, 5) is 0. The van der Waals surface area contributed by atoms with Crippen LogP contribution in [0, 0.1) is 5.92 Å². The molecule has 0 unspecified atom stereocenters. The molecule has 0 saturated heterocycles. The van der Waals surface area contributed by atoms with Crippen LogP contribution in [0.25, 0.3) is 0 Å². The van der Waals surface area contributed by atoms with Crippen LogP contribution in [0.1, 0.15) is 25.8 Å². The Morgan fingerprint density at radius 2 is 2.17 bits per heavy atom. The van der Waals surface area contributed by atoms with Gasteiger partial charge in [-0.1, -0.05) is 37.6 Å². The summed E-state index contributed by atoms with van der Waals surface area (Å²) >= 11 is 6.13. The van der Waals surface area contributed by atoms with Crippen LogP contribution in [0.5, 0.6) is 5.75 Å². The Morgan fingerprint density at radius 1 is 1.39 bits per heavy atom. The lowest BCUT2D eigenvalue weighted by molar-refractivity contribution is 0.232. The molecular formula is C14H22ClNO2. The molecule has 0 fully saturated rings. The minimum absolute atomic E-state index is 0.130. The van der Waals surface area contributed by atoms with Crippen LogP contribution in [-0.4, -0.2) is 24.9 Å². The molecule has 18 heavy (non-hydrogen) atoms. The zero-order valence-electron chi connectivity index (χ0n) is 11.1. The van der Waals surface area contributed by atoms with Crippen molar-refractivity contribution in [2.24, 2.45) is 5.92 Å². The van der Waals surface area contributed by atoms with Gasteiger partial charge in [0.15, 0.2) is 0 Å². The maximum Gasteiger partial charge on any atom is 0.142 e. The summed E-state index contributed by atoms with van der Waals surface area (Å²) in [5.41, 5.74) is 1.06. The molecule has 2 N–H and O–H groups in total. The van der Waals surface area contributed by atoms with Crippen LogP contribution in [0.2, 0.25) is 5.02 Å². The van der Waals surface area contributed by atoms with Gasteiger partial charge in [0.1, 0.15) is 5.75 Å². The van der Waals surface area contributed by atoms with E-state index < -0.39 is 0 Å². The second kappa shape index (κ2) is 8.35. The van der Waals surface area contributed by atoms with Crippen LogP contribution < -0.4 is 10.1 Å². The van der Waals surface area contributed by atoms with Gasteiger partial charge in [-0.3, -0.25) is 0 Å². The van der Waals surface area contributed by atoms with E-state index in [0.717, 1.165) is 24.4 Å². The van der Waals surface area contributed by atoms with Gasteiger partial charge in [-0.25, -0.2) is 0 Å². The van der Waals surface area contributed by atoms with Gasteiger partial charge in [0, 0.05) is 25.1 Å². The smallest absolute Gasteiger partial charge is 0.142 e. The molecule has 0 spiro atoms. The Labute approximate surface area is 114 Å². The molecule has 0 saturated carbocycles. The third kappa shape index (κ3) is 5.25. The second-order valence-corrected chi connectivity index (χ2v) is 5.09. The molecular weight excluding hydrogens is 250 g/mol. The zero-order valence-corrected chi connectivity index (χ0v) is 11.8. The maximum atomic E-state index is 8.76. The van der Waals surface area contributed by atoms with Gasteiger partial charge >= 0.3 is 0 Å². The highest BCUT2D eigenvalue weighted by Crippen LogP contribution is 2.28. The summed E-state index contributed by atoms with van der Waals surface area (Å²) in [6.45, 7) is 6.66. The Kier molecular flexibility index (Phi) is 7.09. The van der Waals surface area contributed by atoms with E-state index in [9.17, 15) is 0 Å². The lowest BCUT2D eigenvalue weighted by atomic mass is 10.2. The number of aliphatic hydroxyl groups excluding tert-OH is 1. The molecule has 0 aromatic heterocycles. The maximum absolute atomic E-state index is 8.76. The lowest BCUT2D eigenvalue weighted by Gasteiger charge is -2.14. The van der Waals surface area contributed by atoms with Gasteiger partial charge in [0.2, 0.25) is 0 Å². The molecule has 102 valence electrons. The van der Waals surface area contributed by atoms with E-state index in [-0.39, 0.29) is 6.61 Å². The number of nitrogens with one attached hydrogen (secondary N) is 1. The van der Waals surface area contributed by atoms with Crippen LogP contribution >= 0.6 is 11.6 Å². The van der Waals surface area contributed by atoms with Gasteiger partial charge in [-0.05, 0) is 18.5 Å². The fourth-order valence-electron chi connectivity index (χ4n) is 1.59. The first-order valence-corrected chi connectivity index (χ1v) is 6.74. The molecule has 0 radical (unpaired) electrons. The Bertz CT molecular complexity index is 356. The highest BCUT2D eigenvalue weighted by Gasteiger charge is 2.08. The number of benzene rings is 1. The Morgan fingerprint density at radius 3 is 2.83 bits per heavy atom. The molecule has 1 aromatic carbocycles. The third-order valence-corrected chi connectivity index (χ3v) is 2.76. The zero-order chi connectivity index (χ0) is 13.4. The van der Waals surface area contributed by atoms with E-state index in [4.69, 9.17) is 21.4 Å². The number of hydrogen-bond donors (Lipinski definition) is 2. The number of rotatable bonds is 8. The Balaban J connectivity index is 2.61. The predicted octanol–water partition coefficient (Wildman–Crippen LogP) is 2.85. The second-order valence-electron chi connectivity index (χ2n) is 4.68. The first-order chi connectivity index (χ1) is 8.65. The molecule has 0 aliphatic carbocycles. The molecule has 0 bridgehead atoms. The first kappa shape index (κ1) is 15.3. The van der Waals surface area contributed by atoms with Crippen molar-refractivity contribution in [1.82, 2.24) is 5.32 Å². The van der Waals surface area contributed by atoms with Crippen molar-refractivity contribution >= 4 is 11.6 Å². The van der Waals surface area contributed by atoms with Crippen LogP contribution in [0.3, 0.4) is 0 Å². The first-order valence-electron chi connectivity index (χ1n) is 6.37. The molecule has 1 rings (SSSR count). The highest BCUT2D eigenvalue weighted by molar-refractivity contribution is 6.32. The third-order valence-electron chi connectivity index (χ3n) is 2.47. The minimum Gasteiger partial charge on any atom is -0.492 e. The van der Waals surface area contributed by atoms with E-state index in [0.29, 0.717) is 24.0 Å². The fraction of sp³-hybridized carbons (Fsp3) is 0.571. The van der Waals surface area contributed by atoms with Crippen LogP contribution in [0.4, 0.5) is 0 Å². The van der Waals surface area contributed by atoms with Crippen molar-refractivity contribution < 1.29 is 9.84 Å². The molecule has 0 amide bonds. The minimum atomic E-state index is 0.130. The van der Waals surface area contributed by atoms with Crippen molar-refractivity contribution in [3.8, 4) is 5.75 Å². The Hall–Kier alpha value is -0.770. The highest BCUT2D eigenvalue weighted by atomic mass is 35.5. The molecule has 0 atom stereocenters. The number of hydrogen-bond acceptors (Lipinski definition) is 3. The van der Waals surface area contributed by atoms with E-state index in [2.05, 4.69) is 19.2 Å².